The van der Waals surface area contributed by atoms with Crippen LogP contribution < -0.4 is 11.1 Å². The normalized spacial score (nSPS) is 20.1. The van der Waals surface area contributed by atoms with Crippen molar-refractivity contribution in [3.05, 3.63) is 27.5 Å². The number of carbonyl (C=O) groups is 4. The van der Waals surface area contributed by atoms with Gasteiger partial charge in [0.2, 0.25) is 18.1 Å². The number of oxime groups is 1. The fraction of sp³-hybridized carbons (Fsp3) is 0.357. The third-order valence-corrected chi connectivity index (χ3v) is 5.96. The molecule has 1 fully saturated rings. The molecule has 2 atom stereocenters. The zero-order chi connectivity index (χ0) is 23.4. The van der Waals surface area contributed by atoms with E-state index in [2.05, 4.69) is 34.7 Å². The molecular weight excluding hydrogens is 470 g/mol. The summed E-state index contributed by atoms with van der Waals surface area (Å²) in [6.45, 7) is -1.06. The number of amides is 2. The molecule has 0 aromatic carbocycles. The number of β-lactam (4-membered cyclic amide) rings is 1. The van der Waals surface area contributed by atoms with Gasteiger partial charge in [0, 0.05) is 22.2 Å². The van der Waals surface area contributed by atoms with Gasteiger partial charge in [-0.05, 0) is 11.1 Å². The summed E-state index contributed by atoms with van der Waals surface area (Å²) in [5, 5.41) is 26.6. The summed E-state index contributed by atoms with van der Waals surface area (Å²) in [7, 11) is 0. The number of carboxylic acid groups (broad SMARTS) is 2. The SMILES string of the molecule is [N-]=[N+]=NCC1=C(C(=O)O)N2C(=O)C(NC(=O)C(=NOCC(=O)O)c3nsc(N)n3)[C@@H]2SC1. The highest BCUT2D eigenvalue weighted by atomic mass is 32.2. The van der Waals surface area contributed by atoms with Gasteiger partial charge in [-0.15, -0.1) is 11.8 Å². The Balaban J connectivity index is 1.79. The first-order valence-corrected chi connectivity index (χ1v) is 10.3. The van der Waals surface area contributed by atoms with Gasteiger partial charge in [-0.25, -0.2) is 9.59 Å². The van der Waals surface area contributed by atoms with Crippen LogP contribution in [0.2, 0.25) is 0 Å². The maximum atomic E-state index is 12.7. The number of azide groups is 1. The number of nitrogens with two attached hydrogens (primary N) is 1. The molecule has 3 rings (SSSR count). The van der Waals surface area contributed by atoms with Gasteiger partial charge in [-0.1, -0.05) is 10.3 Å². The maximum absolute atomic E-state index is 12.7. The van der Waals surface area contributed by atoms with Gasteiger partial charge in [0.1, 0.15) is 17.1 Å². The van der Waals surface area contributed by atoms with Crippen molar-refractivity contribution in [2.45, 2.75) is 11.4 Å². The summed E-state index contributed by atoms with van der Waals surface area (Å²) in [6.07, 6.45) is 0. The molecule has 0 aliphatic carbocycles. The largest absolute Gasteiger partial charge is 0.479 e. The van der Waals surface area contributed by atoms with E-state index in [9.17, 15) is 24.3 Å². The zero-order valence-corrected chi connectivity index (χ0v) is 17.4. The molecule has 0 radical (unpaired) electrons. The molecule has 2 amide bonds. The Morgan fingerprint density at radius 2 is 2.16 bits per heavy atom. The van der Waals surface area contributed by atoms with E-state index < -0.39 is 47.5 Å². The van der Waals surface area contributed by atoms with Crippen LogP contribution in [-0.4, -0.2) is 84.3 Å². The van der Waals surface area contributed by atoms with Crippen LogP contribution in [0.4, 0.5) is 5.13 Å². The monoisotopic (exact) mass is 483 g/mol. The number of thioether (sulfide) groups is 1. The van der Waals surface area contributed by atoms with Gasteiger partial charge in [-0.3, -0.25) is 14.5 Å². The zero-order valence-electron chi connectivity index (χ0n) is 15.7. The van der Waals surface area contributed by atoms with Crippen molar-refractivity contribution in [3.8, 4) is 0 Å². The second-order valence-corrected chi connectivity index (χ2v) is 7.96. The predicted octanol–water partition coefficient (Wildman–Crippen LogP) is -1.03. The number of anilines is 1. The van der Waals surface area contributed by atoms with Crippen LogP contribution in [0, 0.1) is 0 Å². The molecule has 168 valence electrons. The smallest absolute Gasteiger partial charge is 0.352 e. The van der Waals surface area contributed by atoms with Gasteiger partial charge < -0.3 is 26.1 Å². The van der Waals surface area contributed by atoms with Gasteiger partial charge in [-0.2, -0.15) is 9.36 Å². The van der Waals surface area contributed by atoms with Crippen LogP contribution in [-0.2, 0) is 24.0 Å². The van der Waals surface area contributed by atoms with Crippen LogP contribution >= 0.6 is 23.3 Å². The number of nitrogens with zero attached hydrogens (tertiary/aromatic N) is 7. The fourth-order valence-electron chi connectivity index (χ4n) is 2.80. The van der Waals surface area contributed by atoms with Gasteiger partial charge in [0.25, 0.3) is 11.8 Å². The number of hydrogen-bond acceptors (Lipinski definition) is 12. The van der Waals surface area contributed by atoms with Gasteiger partial charge in [0.05, 0.1) is 6.54 Å². The molecule has 1 aromatic rings. The van der Waals surface area contributed by atoms with Crippen molar-refractivity contribution < 1.29 is 34.2 Å². The molecule has 0 saturated carbocycles. The lowest BCUT2D eigenvalue weighted by molar-refractivity contribution is -0.150. The van der Waals surface area contributed by atoms with E-state index >= 15 is 0 Å². The van der Waals surface area contributed by atoms with Crippen molar-refractivity contribution in [2.75, 3.05) is 24.6 Å². The second-order valence-electron chi connectivity index (χ2n) is 6.07. The van der Waals surface area contributed by atoms with E-state index in [-0.39, 0.29) is 34.5 Å². The number of carbonyl (C=O) groups excluding carboxylic acids is 2. The Morgan fingerprint density at radius 1 is 1.41 bits per heavy atom. The number of nitrogens with one attached hydrogen (secondary N) is 1. The number of hydrogen-bond donors (Lipinski definition) is 4. The third kappa shape index (κ3) is 4.56. The van der Waals surface area contributed by atoms with Crippen LogP contribution in [0.3, 0.4) is 0 Å². The molecule has 2 aliphatic heterocycles. The van der Waals surface area contributed by atoms with E-state index in [1.54, 1.807) is 0 Å². The molecule has 0 bridgehead atoms. The van der Waals surface area contributed by atoms with Crippen molar-refractivity contribution in [3.63, 3.8) is 0 Å². The lowest BCUT2D eigenvalue weighted by Gasteiger charge is -2.49. The lowest BCUT2D eigenvalue weighted by Crippen LogP contribution is -2.71. The van der Waals surface area contributed by atoms with Crippen molar-refractivity contribution in [2.24, 2.45) is 10.3 Å². The quantitative estimate of drug-likeness (QED) is 0.0825. The van der Waals surface area contributed by atoms with E-state index in [0.717, 1.165) is 16.4 Å². The minimum absolute atomic E-state index is 0.0104. The Kier molecular flexibility index (Phi) is 6.76. The summed E-state index contributed by atoms with van der Waals surface area (Å²) in [5.41, 5.74) is 13.4. The van der Waals surface area contributed by atoms with Crippen LogP contribution in [0.5, 0.6) is 0 Å². The first-order valence-electron chi connectivity index (χ1n) is 8.47. The van der Waals surface area contributed by atoms with Gasteiger partial charge in [0.15, 0.2) is 5.13 Å². The minimum atomic E-state index is -1.37. The predicted molar refractivity (Wildman–Crippen MR) is 108 cm³/mol. The summed E-state index contributed by atoms with van der Waals surface area (Å²) >= 11 is 1.92. The summed E-state index contributed by atoms with van der Waals surface area (Å²) in [4.78, 5) is 59.6. The highest BCUT2D eigenvalue weighted by Gasteiger charge is 2.54. The van der Waals surface area contributed by atoms with E-state index in [0.29, 0.717) is 0 Å². The van der Waals surface area contributed by atoms with Gasteiger partial charge >= 0.3 is 11.9 Å². The second kappa shape index (κ2) is 9.50. The molecule has 0 spiro atoms. The average molecular weight is 483 g/mol. The number of aromatic nitrogens is 2. The van der Waals surface area contributed by atoms with Crippen LogP contribution in [0.25, 0.3) is 10.4 Å². The van der Waals surface area contributed by atoms with Crippen molar-refractivity contribution in [1.29, 1.82) is 0 Å². The minimum Gasteiger partial charge on any atom is -0.479 e. The standard InChI is InChI=1S/C14H13N9O7S2/c15-14-19-9(21-32-14)6(20-30-2-5(24)25)10(26)18-7-11(27)23-8(13(28)29)4(1-17-22-16)3-31-12(7)23/h7,12H,1-3H2,(H,18,26)(H,24,25)(H,28,29)(H2,15,19,21)/t7?,12-/m0/s1. The molecule has 18 heteroatoms. The molecule has 3 heterocycles. The number of fused-ring (bicyclic) bond motifs is 1. The third-order valence-electron chi connectivity index (χ3n) is 4.07. The number of nitrogen functional groups attached to an aromatic ring is 1. The fourth-order valence-corrected chi connectivity index (χ4v) is 4.57. The summed E-state index contributed by atoms with van der Waals surface area (Å²) in [6, 6.07) is -1.11. The van der Waals surface area contributed by atoms with E-state index in [4.69, 9.17) is 16.4 Å². The van der Waals surface area contributed by atoms with Crippen molar-refractivity contribution >= 4 is 57.9 Å². The highest BCUT2D eigenvalue weighted by Crippen LogP contribution is 2.40. The molecule has 32 heavy (non-hydrogen) atoms. The number of aliphatic carboxylic acids is 2. The summed E-state index contributed by atoms with van der Waals surface area (Å²) < 4.78 is 3.82. The Hall–Kier alpha value is -3.89. The van der Waals surface area contributed by atoms with Crippen LogP contribution in [0.15, 0.2) is 21.5 Å². The molecular formula is C14H13N9O7S2. The van der Waals surface area contributed by atoms with Crippen LogP contribution in [0.1, 0.15) is 5.82 Å². The molecule has 1 saturated heterocycles. The average Bonchev–Trinajstić information content (AvgIpc) is 3.17. The molecule has 2 aliphatic rings. The highest BCUT2D eigenvalue weighted by molar-refractivity contribution is 8.00. The Morgan fingerprint density at radius 3 is 2.75 bits per heavy atom. The lowest BCUT2D eigenvalue weighted by atomic mass is 10.0. The number of rotatable bonds is 9. The number of carboxylic acids is 2. The first-order chi connectivity index (χ1) is 15.2. The Labute approximate surface area is 185 Å². The topological polar surface area (TPSA) is 246 Å². The molecule has 5 N–H and O–H groups in total. The molecule has 1 aromatic heterocycles. The van der Waals surface area contributed by atoms with E-state index in [1.807, 2.05) is 0 Å². The van der Waals surface area contributed by atoms with E-state index in [1.165, 1.54) is 11.8 Å². The first kappa shape index (κ1) is 22.8. The Bertz CT molecular complexity index is 1090. The summed E-state index contributed by atoms with van der Waals surface area (Å²) in [5.74, 6) is -4.45. The molecule has 16 nitrogen and oxygen atoms in total. The molecule has 1 unspecified atom stereocenters. The van der Waals surface area contributed by atoms with Crippen molar-refractivity contribution in [1.82, 2.24) is 19.6 Å². The maximum Gasteiger partial charge on any atom is 0.352 e.